The molecule has 0 radical (unpaired) electrons. The Balaban J connectivity index is 2.23. The van der Waals surface area contributed by atoms with Crippen molar-refractivity contribution in [2.45, 2.75) is 0 Å². The van der Waals surface area contributed by atoms with Crippen molar-refractivity contribution in [2.24, 2.45) is 5.84 Å². The molecule has 6 heteroatoms. The van der Waals surface area contributed by atoms with Crippen molar-refractivity contribution in [1.82, 2.24) is 0 Å². The van der Waals surface area contributed by atoms with Crippen molar-refractivity contribution in [1.29, 1.82) is 5.26 Å². The highest BCUT2D eigenvalue weighted by molar-refractivity contribution is 6.05. The molecule has 0 aromatic heterocycles. The van der Waals surface area contributed by atoms with Crippen LogP contribution in [0.15, 0.2) is 42.5 Å². The number of nitrogens with one attached hydrogen (secondary N) is 2. The van der Waals surface area contributed by atoms with Crippen LogP contribution < -0.4 is 16.6 Å². The standard InChI is InChI=1S/C14H11FN4O/c15-12-2-1-3-13(11(12)8-16)18-14(20)9-4-6-10(19-17)7-5-9/h1-7,19H,17H2,(H,18,20). The number of hydrogen-bond acceptors (Lipinski definition) is 4. The first kappa shape index (κ1) is 13.5. The van der Waals surface area contributed by atoms with Crippen molar-refractivity contribution in [3.8, 4) is 6.07 Å². The maximum atomic E-state index is 13.4. The summed E-state index contributed by atoms with van der Waals surface area (Å²) in [5.41, 5.74) is 3.42. The Morgan fingerprint density at radius 2 is 1.90 bits per heavy atom. The second kappa shape index (κ2) is 5.82. The molecule has 2 aromatic carbocycles. The normalized spacial score (nSPS) is 9.65. The van der Waals surface area contributed by atoms with Gasteiger partial charge in [0.15, 0.2) is 0 Å². The number of nitrogen functional groups attached to an aromatic ring is 1. The van der Waals surface area contributed by atoms with E-state index in [1.807, 2.05) is 0 Å². The molecule has 2 rings (SSSR count). The van der Waals surface area contributed by atoms with Gasteiger partial charge in [-0.1, -0.05) is 6.07 Å². The molecule has 0 saturated heterocycles. The largest absolute Gasteiger partial charge is 0.324 e. The average Bonchev–Trinajstić information content (AvgIpc) is 2.47. The zero-order valence-electron chi connectivity index (χ0n) is 10.4. The zero-order valence-corrected chi connectivity index (χ0v) is 10.4. The highest BCUT2D eigenvalue weighted by Gasteiger charge is 2.12. The molecule has 2 aromatic rings. The van der Waals surface area contributed by atoms with Gasteiger partial charge in [-0.25, -0.2) is 4.39 Å². The van der Waals surface area contributed by atoms with E-state index in [1.54, 1.807) is 30.3 Å². The number of hydrogen-bond donors (Lipinski definition) is 3. The number of nitrogens with two attached hydrogens (primary N) is 1. The number of carbonyl (C=O) groups excluding carboxylic acids is 1. The van der Waals surface area contributed by atoms with Crippen molar-refractivity contribution in [2.75, 3.05) is 10.7 Å². The number of rotatable bonds is 3. The van der Waals surface area contributed by atoms with E-state index in [0.717, 1.165) is 6.07 Å². The third kappa shape index (κ3) is 2.74. The average molecular weight is 270 g/mol. The third-order valence-corrected chi connectivity index (χ3v) is 2.69. The van der Waals surface area contributed by atoms with Crippen LogP contribution in [0.5, 0.6) is 0 Å². The summed E-state index contributed by atoms with van der Waals surface area (Å²) in [6.45, 7) is 0. The summed E-state index contributed by atoms with van der Waals surface area (Å²) >= 11 is 0. The molecule has 0 unspecified atom stereocenters. The van der Waals surface area contributed by atoms with E-state index in [1.165, 1.54) is 12.1 Å². The van der Waals surface area contributed by atoms with Crippen LogP contribution in [0, 0.1) is 17.1 Å². The quantitative estimate of drug-likeness (QED) is 0.589. The lowest BCUT2D eigenvalue weighted by Crippen LogP contribution is -2.13. The van der Waals surface area contributed by atoms with Crippen molar-refractivity contribution >= 4 is 17.3 Å². The molecule has 0 fully saturated rings. The number of nitrogens with zero attached hydrogens (tertiary/aromatic N) is 1. The molecular weight excluding hydrogens is 259 g/mol. The minimum absolute atomic E-state index is 0.138. The Bertz CT molecular complexity index is 677. The number of halogens is 1. The number of benzene rings is 2. The van der Waals surface area contributed by atoms with Crippen molar-refractivity contribution in [3.05, 3.63) is 59.4 Å². The maximum Gasteiger partial charge on any atom is 0.255 e. The molecule has 5 nitrogen and oxygen atoms in total. The molecule has 0 atom stereocenters. The number of hydrazine groups is 1. The molecule has 0 heterocycles. The summed E-state index contributed by atoms with van der Waals surface area (Å²) in [6, 6.07) is 12.2. The Hall–Kier alpha value is -2.91. The second-order valence-corrected chi connectivity index (χ2v) is 3.95. The van der Waals surface area contributed by atoms with Gasteiger partial charge in [0.05, 0.1) is 5.69 Å². The molecule has 0 aliphatic carbocycles. The first-order chi connectivity index (χ1) is 9.65. The zero-order chi connectivity index (χ0) is 14.5. The fourth-order valence-corrected chi connectivity index (χ4v) is 1.65. The molecule has 0 aliphatic heterocycles. The smallest absolute Gasteiger partial charge is 0.255 e. The van der Waals surface area contributed by atoms with Crippen LogP contribution in [0.25, 0.3) is 0 Å². The Labute approximate surface area is 114 Å². The fourth-order valence-electron chi connectivity index (χ4n) is 1.65. The number of carbonyl (C=O) groups is 1. The maximum absolute atomic E-state index is 13.4. The first-order valence-electron chi connectivity index (χ1n) is 5.72. The fraction of sp³-hybridized carbons (Fsp3) is 0. The van der Waals surface area contributed by atoms with Gasteiger partial charge in [-0.3, -0.25) is 10.6 Å². The molecule has 1 amide bonds. The van der Waals surface area contributed by atoms with E-state index in [-0.39, 0.29) is 11.3 Å². The van der Waals surface area contributed by atoms with Crippen molar-refractivity contribution in [3.63, 3.8) is 0 Å². The molecule has 0 aliphatic rings. The van der Waals surface area contributed by atoms with E-state index in [0.29, 0.717) is 11.3 Å². The summed E-state index contributed by atoms with van der Waals surface area (Å²) in [5.74, 6) is 4.12. The minimum atomic E-state index is -0.673. The van der Waals surface area contributed by atoms with E-state index < -0.39 is 11.7 Å². The molecule has 0 bridgehead atoms. The van der Waals surface area contributed by atoms with Crippen LogP contribution in [0.2, 0.25) is 0 Å². The van der Waals surface area contributed by atoms with E-state index >= 15 is 0 Å². The van der Waals surface area contributed by atoms with Gasteiger partial charge in [0.1, 0.15) is 17.4 Å². The summed E-state index contributed by atoms with van der Waals surface area (Å²) in [7, 11) is 0. The molecule has 4 N–H and O–H groups in total. The van der Waals surface area contributed by atoms with E-state index in [2.05, 4.69) is 10.7 Å². The molecule has 0 saturated carbocycles. The summed E-state index contributed by atoms with van der Waals surface area (Å²) in [5, 5.41) is 11.4. The number of nitriles is 1. The summed E-state index contributed by atoms with van der Waals surface area (Å²) < 4.78 is 13.4. The minimum Gasteiger partial charge on any atom is -0.324 e. The lowest BCUT2D eigenvalue weighted by Gasteiger charge is -2.08. The van der Waals surface area contributed by atoms with Crippen LogP contribution in [-0.4, -0.2) is 5.91 Å². The highest BCUT2D eigenvalue weighted by atomic mass is 19.1. The van der Waals surface area contributed by atoms with Gasteiger partial charge >= 0.3 is 0 Å². The van der Waals surface area contributed by atoms with Crippen LogP contribution in [0.3, 0.4) is 0 Å². The summed E-state index contributed by atoms with van der Waals surface area (Å²) in [6.07, 6.45) is 0. The topological polar surface area (TPSA) is 90.9 Å². The van der Waals surface area contributed by atoms with Crippen molar-refractivity contribution < 1.29 is 9.18 Å². The van der Waals surface area contributed by atoms with Gasteiger partial charge in [0.2, 0.25) is 0 Å². The van der Waals surface area contributed by atoms with Gasteiger partial charge < -0.3 is 10.7 Å². The Morgan fingerprint density at radius 1 is 1.20 bits per heavy atom. The summed E-state index contributed by atoms with van der Waals surface area (Å²) in [4.78, 5) is 12.0. The lowest BCUT2D eigenvalue weighted by molar-refractivity contribution is 0.102. The molecule has 0 spiro atoms. The van der Waals surface area contributed by atoms with Crippen LogP contribution in [0.4, 0.5) is 15.8 Å². The van der Waals surface area contributed by atoms with Gasteiger partial charge in [0, 0.05) is 11.3 Å². The van der Waals surface area contributed by atoms with Gasteiger partial charge in [-0.15, -0.1) is 0 Å². The monoisotopic (exact) mass is 270 g/mol. The SMILES string of the molecule is N#Cc1c(F)cccc1NC(=O)c1ccc(NN)cc1. The van der Waals surface area contributed by atoms with Crippen LogP contribution in [-0.2, 0) is 0 Å². The van der Waals surface area contributed by atoms with Crippen LogP contribution in [0.1, 0.15) is 15.9 Å². The highest BCUT2D eigenvalue weighted by Crippen LogP contribution is 2.19. The molecule has 20 heavy (non-hydrogen) atoms. The van der Waals surface area contributed by atoms with E-state index in [4.69, 9.17) is 11.1 Å². The second-order valence-electron chi connectivity index (χ2n) is 3.95. The van der Waals surface area contributed by atoms with Gasteiger partial charge in [-0.2, -0.15) is 5.26 Å². The number of amides is 1. The predicted molar refractivity (Wildman–Crippen MR) is 73.3 cm³/mol. The lowest BCUT2D eigenvalue weighted by atomic mass is 10.1. The van der Waals surface area contributed by atoms with E-state index in [9.17, 15) is 9.18 Å². The molecular formula is C14H11FN4O. The van der Waals surface area contributed by atoms with Gasteiger partial charge in [0.25, 0.3) is 5.91 Å². The van der Waals surface area contributed by atoms with Crippen LogP contribution >= 0.6 is 0 Å². The Kier molecular flexibility index (Phi) is 3.93. The van der Waals surface area contributed by atoms with Gasteiger partial charge in [-0.05, 0) is 36.4 Å². The molecule has 100 valence electrons. The Morgan fingerprint density at radius 3 is 2.50 bits per heavy atom. The predicted octanol–water partition coefficient (Wildman–Crippen LogP) is 2.24. The first-order valence-corrected chi connectivity index (χ1v) is 5.72. The number of anilines is 2. The third-order valence-electron chi connectivity index (χ3n) is 2.69.